The van der Waals surface area contributed by atoms with Crippen molar-refractivity contribution in [2.24, 2.45) is 0 Å². The molecule has 2 unspecified atom stereocenters. The lowest BCUT2D eigenvalue weighted by atomic mass is 10.0. The third-order valence-electron chi connectivity index (χ3n) is 2.39. The van der Waals surface area contributed by atoms with E-state index in [1.54, 1.807) is 13.0 Å². The lowest BCUT2D eigenvalue weighted by Gasteiger charge is -2.19. The maximum atomic E-state index is 11.2. The number of carbonyl (C=O) groups excluding carboxylic acids is 1. The zero-order chi connectivity index (χ0) is 13.5. The van der Waals surface area contributed by atoms with Gasteiger partial charge in [0.15, 0.2) is 0 Å². The van der Waals surface area contributed by atoms with Crippen molar-refractivity contribution in [2.75, 3.05) is 13.7 Å². The SMILES string of the molecule is CCOC(=O)CC(O)C(O)c1cnccc1OC. The van der Waals surface area contributed by atoms with E-state index in [4.69, 9.17) is 9.47 Å². The van der Waals surface area contributed by atoms with Gasteiger partial charge in [0.25, 0.3) is 0 Å². The number of nitrogens with zero attached hydrogens (tertiary/aromatic N) is 1. The molecule has 0 amide bonds. The molecule has 0 aliphatic rings. The van der Waals surface area contributed by atoms with Gasteiger partial charge in [-0.3, -0.25) is 9.78 Å². The highest BCUT2D eigenvalue weighted by atomic mass is 16.5. The first-order valence-electron chi connectivity index (χ1n) is 5.59. The molecule has 1 aromatic heterocycles. The summed E-state index contributed by atoms with van der Waals surface area (Å²) < 4.78 is 9.74. The van der Waals surface area contributed by atoms with E-state index in [-0.39, 0.29) is 13.0 Å². The summed E-state index contributed by atoms with van der Waals surface area (Å²) in [5.41, 5.74) is 0.330. The largest absolute Gasteiger partial charge is 0.496 e. The molecule has 0 aromatic carbocycles. The number of methoxy groups -OCH3 is 1. The van der Waals surface area contributed by atoms with Crippen LogP contribution in [0.3, 0.4) is 0 Å². The van der Waals surface area contributed by atoms with Crippen LogP contribution < -0.4 is 4.74 Å². The van der Waals surface area contributed by atoms with Crippen LogP contribution in [0.2, 0.25) is 0 Å². The van der Waals surface area contributed by atoms with Crippen molar-refractivity contribution in [3.8, 4) is 5.75 Å². The molecule has 6 heteroatoms. The molecular formula is C12H17NO5. The highest BCUT2D eigenvalue weighted by Crippen LogP contribution is 2.27. The van der Waals surface area contributed by atoms with Gasteiger partial charge in [-0.15, -0.1) is 0 Å². The van der Waals surface area contributed by atoms with E-state index in [0.29, 0.717) is 11.3 Å². The standard InChI is InChI=1S/C12H17NO5/c1-3-18-11(15)6-9(14)12(16)8-7-13-5-4-10(8)17-2/h4-5,7,9,12,14,16H,3,6H2,1-2H3. The van der Waals surface area contributed by atoms with Gasteiger partial charge in [0.05, 0.1) is 26.2 Å². The number of carbonyl (C=O) groups is 1. The molecule has 6 nitrogen and oxygen atoms in total. The minimum atomic E-state index is -1.26. The molecule has 0 bridgehead atoms. The normalized spacial score (nSPS) is 13.8. The minimum Gasteiger partial charge on any atom is -0.496 e. The molecule has 0 spiro atoms. The predicted octanol–water partition coefficient (Wildman–Crippen LogP) is 0.438. The quantitative estimate of drug-likeness (QED) is 0.717. The van der Waals surface area contributed by atoms with E-state index in [1.165, 1.54) is 19.5 Å². The highest BCUT2D eigenvalue weighted by molar-refractivity contribution is 5.70. The Bertz CT molecular complexity index is 396. The molecule has 0 radical (unpaired) electrons. The van der Waals surface area contributed by atoms with Crippen LogP contribution in [0, 0.1) is 0 Å². The van der Waals surface area contributed by atoms with Crippen molar-refractivity contribution >= 4 is 5.97 Å². The monoisotopic (exact) mass is 255 g/mol. The van der Waals surface area contributed by atoms with Crippen LogP contribution in [0.1, 0.15) is 25.0 Å². The Morgan fingerprint density at radius 3 is 2.83 bits per heavy atom. The number of aromatic nitrogens is 1. The molecule has 0 saturated heterocycles. The number of aliphatic hydroxyl groups excluding tert-OH is 2. The Kier molecular flexibility index (Phi) is 5.54. The zero-order valence-corrected chi connectivity index (χ0v) is 10.4. The highest BCUT2D eigenvalue weighted by Gasteiger charge is 2.24. The number of esters is 1. The van der Waals surface area contributed by atoms with Gasteiger partial charge in [0.2, 0.25) is 0 Å². The minimum absolute atomic E-state index is 0.234. The summed E-state index contributed by atoms with van der Waals surface area (Å²) in [6.45, 7) is 1.91. The van der Waals surface area contributed by atoms with Crippen molar-refractivity contribution in [1.29, 1.82) is 0 Å². The van der Waals surface area contributed by atoms with Gasteiger partial charge in [-0.25, -0.2) is 0 Å². The molecule has 100 valence electrons. The molecule has 1 rings (SSSR count). The van der Waals surface area contributed by atoms with Gasteiger partial charge in [0.1, 0.15) is 11.9 Å². The van der Waals surface area contributed by atoms with Crippen molar-refractivity contribution in [3.63, 3.8) is 0 Å². The molecule has 1 aromatic rings. The second kappa shape index (κ2) is 6.93. The molecule has 1 heterocycles. The molecule has 2 atom stereocenters. The fraction of sp³-hybridized carbons (Fsp3) is 0.500. The second-order valence-corrected chi connectivity index (χ2v) is 3.64. The molecular weight excluding hydrogens is 238 g/mol. The summed E-state index contributed by atoms with van der Waals surface area (Å²) in [6, 6.07) is 1.57. The lowest BCUT2D eigenvalue weighted by Crippen LogP contribution is -2.23. The first-order chi connectivity index (χ1) is 8.60. The van der Waals surface area contributed by atoms with Gasteiger partial charge >= 0.3 is 5.97 Å². The maximum absolute atomic E-state index is 11.2. The van der Waals surface area contributed by atoms with E-state index >= 15 is 0 Å². The molecule has 18 heavy (non-hydrogen) atoms. The van der Waals surface area contributed by atoms with Gasteiger partial charge in [-0.2, -0.15) is 0 Å². The summed E-state index contributed by atoms with van der Waals surface area (Å²) in [5, 5.41) is 19.7. The number of ether oxygens (including phenoxy) is 2. The molecule has 0 fully saturated rings. The second-order valence-electron chi connectivity index (χ2n) is 3.64. The Morgan fingerprint density at radius 1 is 1.50 bits per heavy atom. The number of rotatable bonds is 6. The van der Waals surface area contributed by atoms with Gasteiger partial charge in [-0.05, 0) is 13.0 Å². The van der Waals surface area contributed by atoms with Crippen molar-refractivity contribution in [2.45, 2.75) is 25.6 Å². The van der Waals surface area contributed by atoms with Gasteiger partial charge in [-0.1, -0.05) is 0 Å². The molecule has 0 aliphatic carbocycles. The smallest absolute Gasteiger partial charge is 0.308 e. The first kappa shape index (κ1) is 14.4. The van der Waals surface area contributed by atoms with E-state index in [2.05, 4.69) is 4.98 Å². The lowest BCUT2D eigenvalue weighted by molar-refractivity contribution is -0.147. The fourth-order valence-electron chi connectivity index (χ4n) is 1.51. The van der Waals surface area contributed by atoms with Crippen LogP contribution >= 0.6 is 0 Å². The fourth-order valence-corrected chi connectivity index (χ4v) is 1.51. The number of hydrogen-bond donors (Lipinski definition) is 2. The van der Waals surface area contributed by atoms with Crippen LogP contribution in [0.5, 0.6) is 5.75 Å². The predicted molar refractivity (Wildman–Crippen MR) is 63.0 cm³/mol. The van der Waals surface area contributed by atoms with E-state index in [1.807, 2.05) is 0 Å². The number of hydrogen-bond acceptors (Lipinski definition) is 6. The summed E-state index contributed by atoms with van der Waals surface area (Å²) >= 11 is 0. The van der Waals surface area contributed by atoms with Gasteiger partial charge in [0, 0.05) is 18.0 Å². The summed E-state index contributed by atoms with van der Waals surface area (Å²) in [4.78, 5) is 15.0. The average molecular weight is 255 g/mol. The average Bonchev–Trinajstić information content (AvgIpc) is 2.38. The number of pyridine rings is 1. The van der Waals surface area contributed by atoms with E-state index in [0.717, 1.165) is 0 Å². The van der Waals surface area contributed by atoms with Crippen LogP contribution in [0.15, 0.2) is 18.5 Å². The van der Waals surface area contributed by atoms with E-state index in [9.17, 15) is 15.0 Å². The molecule has 2 N–H and O–H groups in total. The van der Waals surface area contributed by atoms with Crippen LogP contribution in [0.25, 0.3) is 0 Å². The zero-order valence-electron chi connectivity index (χ0n) is 10.4. The Balaban J connectivity index is 2.73. The van der Waals surface area contributed by atoms with Crippen LogP contribution in [-0.2, 0) is 9.53 Å². The topological polar surface area (TPSA) is 88.9 Å². The van der Waals surface area contributed by atoms with Crippen LogP contribution in [-0.4, -0.2) is 41.0 Å². The van der Waals surface area contributed by atoms with Crippen molar-refractivity contribution in [1.82, 2.24) is 4.98 Å². The Morgan fingerprint density at radius 2 is 2.22 bits per heavy atom. The summed E-state index contributed by atoms with van der Waals surface area (Å²) in [6.07, 6.45) is 0.0951. The Hall–Kier alpha value is -1.66. The third-order valence-corrected chi connectivity index (χ3v) is 2.39. The third kappa shape index (κ3) is 3.68. The van der Waals surface area contributed by atoms with Crippen LogP contribution in [0.4, 0.5) is 0 Å². The van der Waals surface area contributed by atoms with E-state index < -0.39 is 18.2 Å². The summed E-state index contributed by atoms with van der Waals surface area (Å²) in [5.74, 6) is -0.160. The maximum Gasteiger partial charge on any atom is 0.308 e. The molecule has 0 saturated carbocycles. The number of aliphatic hydroxyl groups is 2. The van der Waals surface area contributed by atoms with Gasteiger partial charge < -0.3 is 19.7 Å². The van der Waals surface area contributed by atoms with Crippen molar-refractivity contribution in [3.05, 3.63) is 24.0 Å². The molecule has 0 aliphatic heterocycles. The first-order valence-corrected chi connectivity index (χ1v) is 5.59. The summed E-state index contributed by atoms with van der Waals surface area (Å²) in [7, 11) is 1.45. The Labute approximate surface area is 105 Å². The van der Waals surface area contributed by atoms with Crippen molar-refractivity contribution < 1.29 is 24.5 Å².